The van der Waals surface area contributed by atoms with Gasteiger partial charge in [-0.3, -0.25) is 9.48 Å². The molecule has 0 unspecified atom stereocenters. The van der Waals surface area contributed by atoms with E-state index in [9.17, 15) is 4.79 Å². The quantitative estimate of drug-likeness (QED) is 0.909. The molecule has 1 aliphatic rings. The van der Waals surface area contributed by atoms with Crippen molar-refractivity contribution in [1.29, 1.82) is 0 Å². The van der Waals surface area contributed by atoms with E-state index in [1.807, 2.05) is 31.3 Å². The van der Waals surface area contributed by atoms with Gasteiger partial charge in [0.1, 0.15) is 0 Å². The molecule has 1 N–H and O–H groups in total. The summed E-state index contributed by atoms with van der Waals surface area (Å²) in [5.74, 6) is 0.336. The lowest BCUT2D eigenvalue weighted by molar-refractivity contribution is -0.122. The van der Waals surface area contributed by atoms with Crippen molar-refractivity contribution in [2.75, 3.05) is 24.5 Å². The monoisotopic (exact) mass is 362 g/mol. The summed E-state index contributed by atoms with van der Waals surface area (Å²) in [6, 6.07) is 6.32. The Morgan fingerprint density at radius 1 is 1.28 bits per heavy atom. The number of nitrogens with one attached hydrogen (secondary N) is 1. The molecule has 2 atom stereocenters. The average molecular weight is 363 g/mol. The minimum Gasteiger partial charge on any atom is -0.315 e. The van der Waals surface area contributed by atoms with Gasteiger partial charge in [-0.25, -0.2) is 0 Å². The second kappa shape index (κ2) is 8.02. The van der Waals surface area contributed by atoms with Crippen LogP contribution < -0.4 is 10.2 Å². The number of halogens is 1. The maximum absolute atomic E-state index is 13.2. The first kappa shape index (κ1) is 19.5. The van der Waals surface area contributed by atoms with Gasteiger partial charge in [0.25, 0.3) is 0 Å². The molecule has 6 heteroatoms. The van der Waals surface area contributed by atoms with Crippen LogP contribution in [0.4, 0.5) is 5.69 Å². The van der Waals surface area contributed by atoms with Gasteiger partial charge in [0.2, 0.25) is 5.91 Å². The molecule has 0 saturated carbocycles. The fourth-order valence-corrected chi connectivity index (χ4v) is 3.69. The van der Waals surface area contributed by atoms with E-state index in [4.69, 9.17) is 0 Å². The van der Waals surface area contributed by atoms with Gasteiger partial charge < -0.3 is 10.2 Å². The van der Waals surface area contributed by atoms with Gasteiger partial charge in [0.15, 0.2) is 0 Å². The molecular weight excluding hydrogens is 336 g/mol. The van der Waals surface area contributed by atoms with Crippen molar-refractivity contribution >= 4 is 24.0 Å². The normalized spacial score (nSPS) is 19.5. The molecule has 0 aliphatic carbocycles. The SMILES string of the molecule is CCN(C(=O)[C@H]1CNC[C@@H]1c1cnn(C)c1)c1cc(C)cc(C)c1.Cl. The van der Waals surface area contributed by atoms with E-state index in [2.05, 4.69) is 42.5 Å². The molecule has 2 aromatic rings. The molecule has 0 bridgehead atoms. The molecule has 1 saturated heterocycles. The predicted molar refractivity (Wildman–Crippen MR) is 103 cm³/mol. The minimum absolute atomic E-state index is 0. The van der Waals surface area contributed by atoms with Gasteiger partial charge in [-0.2, -0.15) is 5.10 Å². The van der Waals surface area contributed by atoms with E-state index in [1.54, 1.807) is 4.68 Å². The van der Waals surface area contributed by atoms with Crippen LogP contribution in [0, 0.1) is 19.8 Å². The highest BCUT2D eigenvalue weighted by Gasteiger charge is 2.37. The maximum Gasteiger partial charge on any atom is 0.232 e. The first-order valence-electron chi connectivity index (χ1n) is 8.58. The van der Waals surface area contributed by atoms with E-state index < -0.39 is 0 Å². The molecule has 0 radical (unpaired) electrons. The summed E-state index contributed by atoms with van der Waals surface area (Å²) in [6.45, 7) is 8.41. The molecule has 25 heavy (non-hydrogen) atoms. The number of aryl methyl sites for hydroxylation is 3. The lowest BCUT2D eigenvalue weighted by Crippen LogP contribution is -2.39. The highest BCUT2D eigenvalue weighted by molar-refractivity contribution is 5.96. The summed E-state index contributed by atoms with van der Waals surface area (Å²) >= 11 is 0. The van der Waals surface area contributed by atoms with E-state index in [-0.39, 0.29) is 30.2 Å². The van der Waals surface area contributed by atoms with Crippen LogP contribution in [0.5, 0.6) is 0 Å². The van der Waals surface area contributed by atoms with Crippen molar-refractivity contribution in [1.82, 2.24) is 15.1 Å². The van der Waals surface area contributed by atoms with Crippen molar-refractivity contribution in [3.05, 3.63) is 47.3 Å². The van der Waals surface area contributed by atoms with E-state index in [0.717, 1.165) is 24.3 Å². The van der Waals surface area contributed by atoms with Crippen molar-refractivity contribution < 1.29 is 4.79 Å². The van der Waals surface area contributed by atoms with Crippen LogP contribution in [0.15, 0.2) is 30.6 Å². The smallest absolute Gasteiger partial charge is 0.232 e. The molecule has 1 fully saturated rings. The number of carbonyl (C=O) groups excluding carboxylic acids is 1. The summed E-state index contributed by atoms with van der Waals surface area (Å²) in [5.41, 5.74) is 4.50. The zero-order valence-corrected chi connectivity index (χ0v) is 16.1. The van der Waals surface area contributed by atoms with Gasteiger partial charge in [-0.05, 0) is 49.6 Å². The number of hydrogen-bond acceptors (Lipinski definition) is 3. The summed E-state index contributed by atoms with van der Waals surface area (Å²) < 4.78 is 1.80. The average Bonchev–Trinajstić information content (AvgIpc) is 3.15. The molecule has 1 aliphatic heterocycles. The third kappa shape index (κ3) is 4.05. The molecule has 1 aromatic carbocycles. The third-order valence-corrected chi connectivity index (χ3v) is 4.78. The van der Waals surface area contributed by atoms with Crippen LogP contribution in [0.25, 0.3) is 0 Å². The van der Waals surface area contributed by atoms with Crippen molar-refractivity contribution in [3.63, 3.8) is 0 Å². The van der Waals surface area contributed by atoms with Gasteiger partial charge >= 0.3 is 0 Å². The number of amides is 1. The highest BCUT2D eigenvalue weighted by atomic mass is 35.5. The highest BCUT2D eigenvalue weighted by Crippen LogP contribution is 2.31. The van der Waals surface area contributed by atoms with Gasteiger partial charge in [0.05, 0.1) is 12.1 Å². The number of anilines is 1. The molecule has 0 spiro atoms. The maximum atomic E-state index is 13.2. The Labute approximate surface area is 155 Å². The molecule has 136 valence electrons. The zero-order chi connectivity index (χ0) is 17.3. The number of carbonyl (C=O) groups is 1. The number of aromatic nitrogens is 2. The van der Waals surface area contributed by atoms with Crippen LogP contribution in [-0.4, -0.2) is 35.3 Å². The number of hydrogen-bond donors (Lipinski definition) is 1. The molecule has 3 rings (SSSR count). The second-order valence-electron chi connectivity index (χ2n) is 6.75. The summed E-state index contributed by atoms with van der Waals surface area (Å²) in [7, 11) is 1.91. The van der Waals surface area contributed by atoms with Crippen molar-refractivity contribution in [2.24, 2.45) is 13.0 Å². The standard InChI is InChI=1S/C19H26N4O.ClH/c1-5-23(16-7-13(2)6-14(3)8-16)19(24)18-11-20-10-17(18)15-9-21-22(4)12-15;/h6-9,12,17-18,20H,5,10-11H2,1-4H3;1H/t17-,18+;/m1./s1. The second-order valence-corrected chi connectivity index (χ2v) is 6.75. The van der Waals surface area contributed by atoms with Gasteiger partial charge in [-0.1, -0.05) is 6.07 Å². The van der Waals surface area contributed by atoms with Crippen LogP contribution >= 0.6 is 12.4 Å². The topological polar surface area (TPSA) is 50.2 Å². The van der Waals surface area contributed by atoms with E-state index >= 15 is 0 Å². The van der Waals surface area contributed by atoms with Gasteiger partial charge in [-0.15, -0.1) is 12.4 Å². The Kier molecular flexibility index (Phi) is 6.25. The van der Waals surface area contributed by atoms with Gasteiger partial charge in [0, 0.05) is 44.5 Å². The summed E-state index contributed by atoms with van der Waals surface area (Å²) in [6.07, 6.45) is 3.90. The zero-order valence-electron chi connectivity index (χ0n) is 15.3. The molecular formula is C19H27ClN4O. The van der Waals surface area contributed by atoms with E-state index in [1.165, 1.54) is 11.1 Å². The Balaban J connectivity index is 0.00000225. The predicted octanol–water partition coefficient (Wildman–Crippen LogP) is 2.81. The fraction of sp³-hybridized carbons (Fsp3) is 0.474. The molecule has 5 nitrogen and oxygen atoms in total. The minimum atomic E-state index is -0.0463. The number of benzene rings is 1. The van der Waals surface area contributed by atoms with Crippen LogP contribution in [0.1, 0.15) is 29.5 Å². The van der Waals surface area contributed by atoms with Crippen molar-refractivity contribution in [3.8, 4) is 0 Å². The Morgan fingerprint density at radius 3 is 2.52 bits per heavy atom. The van der Waals surface area contributed by atoms with Crippen molar-refractivity contribution in [2.45, 2.75) is 26.7 Å². The lowest BCUT2D eigenvalue weighted by atomic mass is 9.89. The Bertz CT molecular complexity index is 723. The van der Waals surface area contributed by atoms with E-state index in [0.29, 0.717) is 6.54 Å². The van der Waals surface area contributed by atoms with Crippen LogP contribution in [0.2, 0.25) is 0 Å². The molecule has 2 heterocycles. The lowest BCUT2D eigenvalue weighted by Gasteiger charge is -2.27. The molecule has 1 aromatic heterocycles. The third-order valence-electron chi connectivity index (χ3n) is 4.78. The van der Waals surface area contributed by atoms with Crippen LogP contribution in [-0.2, 0) is 11.8 Å². The summed E-state index contributed by atoms with van der Waals surface area (Å²) in [4.78, 5) is 15.2. The largest absolute Gasteiger partial charge is 0.315 e. The summed E-state index contributed by atoms with van der Waals surface area (Å²) in [5, 5.41) is 7.65. The first-order chi connectivity index (χ1) is 11.5. The van der Waals surface area contributed by atoms with Crippen LogP contribution in [0.3, 0.4) is 0 Å². The molecule has 1 amide bonds. The Morgan fingerprint density at radius 2 is 1.96 bits per heavy atom. The first-order valence-corrected chi connectivity index (χ1v) is 8.58. The fourth-order valence-electron chi connectivity index (χ4n) is 3.69. The Hall–Kier alpha value is -1.85. The number of nitrogens with zero attached hydrogens (tertiary/aromatic N) is 3. The number of rotatable bonds is 4.